The highest BCUT2D eigenvalue weighted by Crippen LogP contribution is 2.50. The zero-order valence-corrected chi connectivity index (χ0v) is 26.4. The topological polar surface area (TPSA) is 34.4 Å². The highest BCUT2D eigenvalue weighted by Gasteiger charge is 2.44. The van der Waals surface area contributed by atoms with Crippen LogP contribution in [-0.4, -0.2) is 15.8 Å². The van der Waals surface area contributed by atoms with E-state index in [-0.39, 0.29) is 5.92 Å². The number of para-hydroxylation sites is 1. The molecule has 0 radical (unpaired) electrons. The first kappa shape index (κ1) is 27.8. The van der Waals surface area contributed by atoms with Gasteiger partial charge in [-0.2, -0.15) is 0 Å². The van der Waals surface area contributed by atoms with Gasteiger partial charge in [-0.25, -0.2) is 0 Å². The normalized spacial score (nSPS) is 21.5. The highest BCUT2D eigenvalue weighted by atomic mass is 31.2. The van der Waals surface area contributed by atoms with Crippen LogP contribution in [0.1, 0.15) is 60.2 Å². The first-order valence-electron chi connectivity index (χ1n) is 15.8. The lowest BCUT2D eigenvalue weighted by molar-refractivity contribution is 0.498. The van der Waals surface area contributed by atoms with E-state index in [2.05, 4.69) is 109 Å². The molecule has 4 aromatic carbocycles. The standard InChI is InChI=1S/C41H35N2OP/c1-29-15-14-22-35-37-38(42-41(2)28-13-12-23-36(41)40(37)43(39(29)35)31-16-6-3-7-17-31)30-24-26-34(27-25-30)45(44,32-18-8-4-9-19-32)33-20-10-5-11-21-33/h3-14,16-29,36H,15H2,1-2H3. The van der Waals surface area contributed by atoms with Gasteiger partial charge in [0.2, 0.25) is 0 Å². The lowest BCUT2D eigenvalue weighted by Crippen LogP contribution is -2.37. The summed E-state index contributed by atoms with van der Waals surface area (Å²) >= 11 is 0. The third kappa shape index (κ3) is 4.33. The second kappa shape index (κ2) is 10.7. The van der Waals surface area contributed by atoms with Gasteiger partial charge < -0.3 is 9.13 Å². The Labute approximate surface area is 265 Å². The lowest BCUT2D eigenvalue weighted by atomic mass is 9.75. The number of hydrogen-bond acceptors (Lipinski definition) is 2. The molecule has 0 bridgehead atoms. The molecule has 0 saturated carbocycles. The Morgan fingerprint density at radius 3 is 2.00 bits per heavy atom. The number of aliphatic imine (C=N–C) groups is 1. The van der Waals surface area contributed by atoms with Crippen molar-refractivity contribution in [3.8, 4) is 5.69 Å². The van der Waals surface area contributed by atoms with Crippen LogP contribution in [0.15, 0.2) is 151 Å². The van der Waals surface area contributed by atoms with E-state index in [0.29, 0.717) is 5.92 Å². The number of aromatic nitrogens is 1. The summed E-state index contributed by atoms with van der Waals surface area (Å²) in [4.78, 5) is 5.56. The van der Waals surface area contributed by atoms with Gasteiger partial charge in [0, 0.05) is 61.5 Å². The third-order valence-electron chi connectivity index (χ3n) is 9.64. The van der Waals surface area contributed by atoms with Gasteiger partial charge in [0.25, 0.3) is 0 Å². The van der Waals surface area contributed by atoms with E-state index in [1.54, 1.807) is 0 Å². The van der Waals surface area contributed by atoms with E-state index in [0.717, 1.165) is 33.6 Å². The molecule has 1 aliphatic heterocycles. The minimum atomic E-state index is -3.08. The van der Waals surface area contributed by atoms with Crippen LogP contribution in [0.25, 0.3) is 11.8 Å². The number of allylic oxidation sites excluding steroid dienone is 3. The molecule has 3 atom stereocenters. The van der Waals surface area contributed by atoms with Crippen LogP contribution in [0.4, 0.5) is 0 Å². The Hall–Kier alpha value is -4.72. The van der Waals surface area contributed by atoms with Crippen LogP contribution < -0.4 is 15.9 Å². The molecule has 220 valence electrons. The van der Waals surface area contributed by atoms with Gasteiger partial charge >= 0.3 is 0 Å². The molecule has 0 spiro atoms. The summed E-state index contributed by atoms with van der Waals surface area (Å²) in [5.74, 6) is 0.472. The van der Waals surface area contributed by atoms with Gasteiger partial charge in [-0.05, 0) is 25.5 Å². The van der Waals surface area contributed by atoms with Crippen LogP contribution in [-0.2, 0) is 4.57 Å². The Bertz CT molecular complexity index is 2030. The van der Waals surface area contributed by atoms with Crippen molar-refractivity contribution in [3.63, 3.8) is 0 Å². The van der Waals surface area contributed by atoms with Gasteiger partial charge in [-0.1, -0.05) is 147 Å². The summed E-state index contributed by atoms with van der Waals surface area (Å²) in [7, 11) is -3.08. The number of benzene rings is 4. The fourth-order valence-corrected chi connectivity index (χ4v) is 10.1. The Morgan fingerprint density at radius 1 is 0.756 bits per heavy atom. The minimum Gasteiger partial charge on any atom is -0.316 e. The molecule has 0 N–H and O–H groups in total. The molecule has 0 fully saturated rings. The zero-order valence-electron chi connectivity index (χ0n) is 25.5. The highest BCUT2D eigenvalue weighted by molar-refractivity contribution is 7.85. The van der Waals surface area contributed by atoms with E-state index < -0.39 is 12.7 Å². The van der Waals surface area contributed by atoms with Crippen molar-refractivity contribution in [2.75, 3.05) is 0 Å². The summed E-state index contributed by atoms with van der Waals surface area (Å²) in [6.45, 7) is 4.58. The molecule has 4 heteroatoms. The summed E-state index contributed by atoms with van der Waals surface area (Å²) < 4.78 is 17.6. The second-order valence-corrected chi connectivity index (χ2v) is 15.3. The molecule has 2 heterocycles. The molecule has 45 heavy (non-hydrogen) atoms. The van der Waals surface area contributed by atoms with E-state index >= 15 is 4.57 Å². The van der Waals surface area contributed by atoms with Crippen LogP contribution in [0.2, 0.25) is 0 Å². The monoisotopic (exact) mass is 602 g/mol. The van der Waals surface area contributed by atoms with Crippen molar-refractivity contribution in [2.45, 2.75) is 37.6 Å². The number of rotatable bonds is 5. The number of hydrogen-bond donors (Lipinski definition) is 0. The van der Waals surface area contributed by atoms with Gasteiger partial charge in [0.1, 0.15) is 0 Å². The maximum Gasteiger partial charge on any atom is 0.171 e. The smallest absolute Gasteiger partial charge is 0.171 e. The van der Waals surface area contributed by atoms with Crippen molar-refractivity contribution in [3.05, 3.63) is 174 Å². The van der Waals surface area contributed by atoms with Crippen molar-refractivity contribution >= 4 is 34.8 Å². The Kier molecular flexibility index (Phi) is 6.62. The van der Waals surface area contributed by atoms with Crippen molar-refractivity contribution in [1.82, 2.24) is 4.57 Å². The van der Waals surface area contributed by atoms with E-state index in [1.807, 2.05) is 60.7 Å². The molecule has 0 amide bonds. The molecular formula is C41H35N2OP. The summed E-state index contributed by atoms with van der Waals surface area (Å²) in [6, 6.07) is 38.9. The van der Waals surface area contributed by atoms with Crippen molar-refractivity contribution in [2.24, 2.45) is 4.99 Å². The molecule has 0 saturated heterocycles. The lowest BCUT2D eigenvalue weighted by Gasteiger charge is -2.38. The van der Waals surface area contributed by atoms with Crippen LogP contribution in [0.5, 0.6) is 0 Å². The van der Waals surface area contributed by atoms with Gasteiger partial charge in [0.15, 0.2) is 7.14 Å². The number of fused-ring (bicyclic) bond motifs is 5. The molecule has 5 aromatic rings. The fourth-order valence-electron chi connectivity index (χ4n) is 7.44. The van der Waals surface area contributed by atoms with Gasteiger partial charge in [-0.15, -0.1) is 0 Å². The van der Waals surface area contributed by atoms with E-state index in [9.17, 15) is 0 Å². The molecule has 8 rings (SSSR count). The Balaban J connectivity index is 1.34. The van der Waals surface area contributed by atoms with Gasteiger partial charge in [-0.3, -0.25) is 4.99 Å². The van der Waals surface area contributed by atoms with Crippen LogP contribution >= 0.6 is 7.14 Å². The average molecular weight is 603 g/mol. The predicted octanol–water partition coefficient (Wildman–Crippen LogP) is 8.46. The zero-order chi connectivity index (χ0) is 30.6. The Morgan fingerprint density at radius 2 is 1.36 bits per heavy atom. The molecule has 3 nitrogen and oxygen atoms in total. The minimum absolute atomic E-state index is 0.100. The molecule has 3 aliphatic rings. The quantitative estimate of drug-likeness (QED) is 0.186. The maximum absolute atomic E-state index is 15.1. The largest absolute Gasteiger partial charge is 0.316 e. The van der Waals surface area contributed by atoms with Crippen LogP contribution in [0.3, 0.4) is 0 Å². The van der Waals surface area contributed by atoms with E-state index in [4.69, 9.17) is 4.99 Å². The first-order valence-corrected chi connectivity index (χ1v) is 17.5. The molecular weight excluding hydrogens is 567 g/mol. The van der Waals surface area contributed by atoms with Crippen molar-refractivity contribution in [1.29, 1.82) is 0 Å². The molecule has 2 aliphatic carbocycles. The summed E-state index contributed by atoms with van der Waals surface area (Å²) in [6.07, 6.45) is 14.5. The first-order chi connectivity index (χ1) is 22.0. The van der Waals surface area contributed by atoms with Crippen molar-refractivity contribution < 1.29 is 4.57 Å². The predicted molar refractivity (Wildman–Crippen MR) is 189 cm³/mol. The summed E-state index contributed by atoms with van der Waals surface area (Å²) in [5.41, 5.74) is 7.90. The van der Waals surface area contributed by atoms with Gasteiger partial charge in [0.05, 0.1) is 11.3 Å². The third-order valence-corrected chi connectivity index (χ3v) is 12.7. The molecule has 3 unspecified atom stereocenters. The summed E-state index contributed by atoms with van der Waals surface area (Å²) in [5, 5.41) is 2.50. The maximum atomic E-state index is 15.1. The number of nitrogens with zero attached hydrogens (tertiary/aromatic N) is 2. The SMILES string of the molecule is CC1CC=Cc2c3c(n(-c4ccccc4)c21)C1C=CC=CC1(C)N=C3c1ccc(P(=O)(c2ccccc2)c2ccccc2)cc1. The second-order valence-electron chi connectivity index (χ2n) is 12.5. The fraction of sp³-hybridized carbons (Fsp3) is 0.146. The average Bonchev–Trinajstić information content (AvgIpc) is 3.45. The molecule has 1 aromatic heterocycles. The van der Waals surface area contributed by atoms with E-state index in [1.165, 1.54) is 28.2 Å². The van der Waals surface area contributed by atoms with Crippen LogP contribution in [0, 0.1) is 0 Å².